The minimum atomic E-state index is -0.886. The lowest BCUT2D eigenvalue weighted by Crippen LogP contribution is -2.64. The molecular weight excluding hydrogens is 374 g/mol. The Balaban J connectivity index is 1.31. The molecule has 0 radical (unpaired) electrons. The quantitative estimate of drug-likeness (QED) is 0.798. The predicted octanol–water partition coefficient (Wildman–Crippen LogP) is 3.44. The molecule has 164 valence electrons. The number of piperidine rings is 1. The molecule has 2 amide bonds. The number of carbonyl (C=O) groups is 1. The Bertz CT molecular complexity index is 745. The lowest BCUT2D eigenvalue weighted by atomic mass is 9.53. The van der Waals surface area contributed by atoms with E-state index in [2.05, 4.69) is 10.2 Å². The van der Waals surface area contributed by atoms with Gasteiger partial charge in [-0.15, -0.1) is 0 Å². The topological polar surface area (TPSA) is 55.8 Å². The van der Waals surface area contributed by atoms with E-state index in [1.807, 2.05) is 49.3 Å². The molecule has 4 aliphatic carbocycles. The number of benzene rings is 1. The first-order chi connectivity index (χ1) is 14.4. The van der Waals surface area contributed by atoms with Crippen LogP contribution in [0.3, 0.4) is 0 Å². The van der Waals surface area contributed by atoms with Gasteiger partial charge in [0.05, 0.1) is 5.60 Å². The Labute approximate surface area is 180 Å². The van der Waals surface area contributed by atoms with E-state index >= 15 is 0 Å². The lowest BCUT2D eigenvalue weighted by Gasteiger charge is -2.57. The van der Waals surface area contributed by atoms with Gasteiger partial charge in [0.2, 0.25) is 0 Å². The second kappa shape index (κ2) is 7.52. The molecule has 1 aromatic rings. The largest absolute Gasteiger partial charge is 0.385 e. The van der Waals surface area contributed by atoms with Crippen molar-refractivity contribution in [3.63, 3.8) is 0 Å². The van der Waals surface area contributed by atoms with Gasteiger partial charge in [-0.3, -0.25) is 0 Å². The van der Waals surface area contributed by atoms with Crippen LogP contribution in [0.2, 0.25) is 0 Å². The van der Waals surface area contributed by atoms with E-state index in [4.69, 9.17) is 0 Å². The summed E-state index contributed by atoms with van der Waals surface area (Å²) in [6.07, 6.45) is 8.26. The molecule has 5 heteroatoms. The third kappa shape index (κ3) is 3.64. The van der Waals surface area contributed by atoms with Crippen molar-refractivity contribution >= 4 is 6.03 Å². The number of amides is 2. The summed E-state index contributed by atoms with van der Waals surface area (Å²) in [5.41, 5.74) is 0.122. The number of nitrogens with zero attached hydrogens (tertiary/aromatic N) is 2. The minimum Gasteiger partial charge on any atom is -0.385 e. The SMILES string of the molecule is CN(C)CC1CN(C(=O)NC23CC4CC(CC(C4)C2)C3)CCC1(O)c1ccccc1. The van der Waals surface area contributed by atoms with Crippen LogP contribution in [0.25, 0.3) is 0 Å². The van der Waals surface area contributed by atoms with Crippen LogP contribution < -0.4 is 5.32 Å². The highest BCUT2D eigenvalue weighted by molar-refractivity contribution is 5.75. The van der Waals surface area contributed by atoms with E-state index in [0.717, 1.165) is 29.9 Å². The van der Waals surface area contributed by atoms with E-state index in [9.17, 15) is 9.90 Å². The van der Waals surface area contributed by atoms with Crippen LogP contribution in [0.4, 0.5) is 4.79 Å². The molecule has 5 fully saturated rings. The van der Waals surface area contributed by atoms with E-state index in [1.54, 1.807) is 0 Å². The molecule has 1 heterocycles. The molecule has 1 aliphatic heterocycles. The number of urea groups is 1. The van der Waals surface area contributed by atoms with Gasteiger partial charge in [-0.05, 0) is 82.4 Å². The predicted molar refractivity (Wildman–Crippen MR) is 118 cm³/mol. The zero-order valence-electron chi connectivity index (χ0n) is 18.5. The first kappa shape index (κ1) is 20.3. The average molecular weight is 412 g/mol. The summed E-state index contributed by atoms with van der Waals surface area (Å²) in [6.45, 7) is 1.96. The monoisotopic (exact) mass is 411 g/mol. The second-order valence-electron chi connectivity index (χ2n) is 11.1. The molecule has 4 saturated carbocycles. The van der Waals surface area contributed by atoms with Crippen LogP contribution >= 0.6 is 0 Å². The number of hydrogen-bond donors (Lipinski definition) is 2. The fourth-order valence-electron chi connectivity index (χ4n) is 7.53. The molecule has 4 bridgehead atoms. The van der Waals surface area contributed by atoms with Crippen molar-refractivity contribution in [2.24, 2.45) is 23.7 Å². The molecule has 2 N–H and O–H groups in total. The number of nitrogens with one attached hydrogen (secondary N) is 1. The van der Waals surface area contributed by atoms with Gasteiger partial charge in [-0.1, -0.05) is 30.3 Å². The molecule has 6 rings (SSSR count). The van der Waals surface area contributed by atoms with E-state index in [-0.39, 0.29) is 17.5 Å². The highest BCUT2D eigenvalue weighted by Gasteiger charge is 2.52. The van der Waals surface area contributed by atoms with Gasteiger partial charge in [0, 0.05) is 31.1 Å². The Morgan fingerprint density at radius 3 is 2.27 bits per heavy atom. The summed E-state index contributed by atoms with van der Waals surface area (Å²) in [5.74, 6) is 2.46. The molecule has 0 aromatic heterocycles. The maximum Gasteiger partial charge on any atom is 0.317 e. The zero-order valence-corrected chi connectivity index (χ0v) is 18.5. The smallest absolute Gasteiger partial charge is 0.317 e. The Morgan fingerprint density at radius 1 is 1.10 bits per heavy atom. The normalized spacial score (nSPS) is 40.1. The summed E-state index contributed by atoms with van der Waals surface area (Å²) in [7, 11) is 4.08. The third-order valence-corrected chi connectivity index (χ3v) is 8.44. The van der Waals surface area contributed by atoms with Crippen molar-refractivity contribution in [3.8, 4) is 0 Å². The van der Waals surface area contributed by atoms with Crippen LogP contribution in [-0.4, -0.2) is 60.2 Å². The molecule has 5 aliphatic rings. The Hall–Kier alpha value is -1.59. The highest BCUT2D eigenvalue weighted by Crippen LogP contribution is 2.55. The van der Waals surface area contributed by atoms with Crippen molar-refractivity contribution in [1.82, 2.24) is 15.1 Å². The number of rotatable bonds is 4. The van der Waals surface area contributed by atoms with Crippen molar-refractivity contribution in [2.45, 2.75) is 56.1 Å². The van der Waals surface area contributed by atoms with Gasteiger partial charge in [0.1, 0.15) is 0 Å². The molecule has 0 spiro atoms. The first-order valence-corrected chi connectivity index (χ1v) is 11.8. The standard InChI is InChI=1S/C25H37N3O2/c1-27(2)16-22-17-28(9-8-25(22,30)21-6-4-3-5-7-21)23(29)26-24-13-18-10-19(14-24)12-20(11-18)15-24/h3-7,18-20,22,30H,8-17H2,1-2H3,(H,26,29). The minimum absolute atomic E-state index is 0.00855. The number of hydrogen-bond acceptors (Lipinski definition) is 3. The summed E-state index contributed by atoms with van der Waals surface area (Å²) < 4.78 is 0. The summed E-state index contributed by atoms with van der Waals surface area (Å²) in [5, 5.41) is 15.2. The lowest BCUT2D eigenvalue weighted by molar-refractivity contribution is -0.0776. The molecule has 2 atom stereocenters. The van der Waals surface area contributed by atoms with Crippen molar-refractivity contribution in [1.29, 1.82) is 0 Å². The fraction of sp³-hybridized carbons (Fsp3) is 0.720. The zero-order chi connectivity index (χ0) is 20.9. The van der Waals surface area contributed by atoms with Crippen LogP contribution in [0.1, 0.15) is 50.5 Å². The maximum atomic E-state index is 13.4. The molecule has 5 nitrogen and oxygen atoms in total. The second-order valence-corrected chi connectivity index (χ2v) is 11.1. The van der Waals surface area contributed by atoms with Gasteiger partial charge >= 0.3 is 6.03 Å². The molecular formula is C25H37N3O2. The summed E-state index contributed by atoms with van der Waals surface area (Å²) >= 11 is 0. The third-order valence-electron chi connectivity index (χ3n) is 8.44. The van der Waals surface area contributed by atoms with Crippen molar-refractivity contribution < 1.29 is 9.90 Å². The molecule has 30 heavy (non-hydrogen) atoms. The van der Waals surface area contributed by atoms with Gasteiger partial charge in [0.25, 0.3) is 0 Å². The molecule has 1 aromatic carbocycles. The van der Waals surface area contributed by atoms with Crippen LogP contribution in [0.5, 0.6) is 0 Å². The van der Waals surface area contributed by atoms with Crippen LogP contribution in [-0.2, 0) is 5.60 Å². The highest BCUT2D eigenvalue weighted by atomic mass is 16.3. The van der Waals surface area contributed by atoms with Gasteiger partial charge in [0.15, 0.2) is 0 Å². The number of carbonyl (C=O) groups excluding carboxylic acids is 1. The van der Waals surface area contributed by atoms with E-state index in [1.165, 1.54) is 38.5 Å². The van der Waals surface area contributed by atoms with Gasteiger partial charge < -0.3 is 20.2 Å². The van der Waals surface area contributed by atoms with Crippen molar-refractivity contribution in [2.75, 3.05) is 33.7 Å². The van der Waals surface area contributed by atoms with Crippen molar-refractivity contribution in [3.05, 3.63) is 35.9 Å². The van der Waals surface area contributed by atoms with E-state index < -0.39 is 5.60 Å². The molecule has 1 saturated heterocycles. The molecule has 2 unspecified atom stereocenters. The maximum absolute atomic E-state index is 13.4. The van der Waals surface area contributed by atoms with Gasteiger partial charge in [-0.25, -0.2) is 4.79 Å². The fourth-order valence-corrected chi connectivity index (χ4v) is 7.53. The first-order valence-electron chi connectivity index (χ1n) is 11.8. The van der Waals surface area contributed by atoms with Gasteiger partial charge in [-0.2, -0.15) is 0 Å². The average Bonchev–Trinajstić information content (AvgIpc) is 2.68. The Kier molecular flexibility index (Phi) is 5.10. The van der Waals surface area contributed by atoms with Crippen LogP contribution in [0.15, 0.2) is 30.3 Å². The number of likely N-dealkylation sites (tertiary alicyclic amines) is 1. The van der Waals surface area contributed by atoms with Crippen LogP contribution in [0, 0.1) is 23.7 Å². The summed E-state index contributed by atoms with van der Waals surface area (Å²) in [6, 6.07) is 10.1. The Morgan fingerprint density at radius 2 is 1.70 bits per heavy atom. The van der Waals surface area contributed by atoms with E-state index in [0.29, 0.717) is 19.5 Å². The number of aliphatic hydroxyl groups is 1. The summed E-state index contributed by atoms with van der Waals surface area (Å²) in [4.78, 5) is 17.5.